The number of urea groups is 1. The number of hydrogen-bond acceptors (Lipinski definition) is 3. The highest BCUT2D eigenvalue weighted by Crippen LogP contribution is 2.14. The molecule has 0 atom stereocenters. The summed E-state index contributed by atoms with van der Waals surface area (Å²) in [4.78, 5) is 23.3. The van der Waals surface area contributed by atoms with Crippen molar-refractivity contribution in [2.24, 2.45) is 5.92 Å². The Kier molecular flexibility index (Phi) is 4.36. The van der Waals surface area contributed by atoms with Crippen molar-refractivity contribution in [3.05, 3.63) is 0 Å². The maximum atomic E-state index is 11.3. The summed E-state index contributed by atoms with van der Waals surface area (Å²) in [6.07, 6.45) is 0.762. The molecule has 1 aliphatic heterocycles. The van der Waals surface area contributed by atoms with Crippen molar-refractivity contribution >= 4 is 12.0 Å². The maximum absolute atomic E-state index is 11.3. The Bertz CT molecular complexity index is 238. The minimum absolute atomic E-state index is 0.191. The number of ether oxygens (including phenoxy) is 1. The van der Waals surface area contributed by atoms with Crippen LogP contribution in [0.15, 0.2) is 0 Å². The number of aliphatic carboxylic acids is 1. The molecule has 0 aliphatic carbocycles. The Labute approximate surface area is 88.2 Å². The second kappa shape index (κ2) is 5.55. The highest BCUT2D eigenvalue weighted by molar-refractivity contribution is 5.79. The SMILES string of the molecule is COCCCNC(=O)N1CC(C(=O)O)C1. The van der Waals surface area contributed by atoms with E-state index in [4.69, 9.17) is 9.84 Å². The van der Waals surface area contributed by atoms with Crippen LogP contribution < -0.4 is 5.32 Å². The van der Waals surface area contributed by atoms with Crippen molar-refractivity contribution in [2.75, 3.05) is 33.4 Å². The number of rotatable bonds is 5. The first-order valence-electron chi connectivity index (χ1n) is 4.89. The number of hydrogen-bond donors (Lipinski definition) is 2. The largest absolute Gasteiger partial charge is 0.481 e. The van der Waals surface area contributed by atoms with Crippen molar-refractivity contribution < 1.29 is 19.4 Å². The topological polar surface area (TPSA) is 78.9 Å². The van der Waals surface area contributed by atoms with Gasteiger partial charge in [0.05, 0.1) is 5.92 Å². The molecular weight excluding hydrogens is 200 g/mol. The van der Waals surface area contributed by atoms with Crippen LogP contribution in [0.5, 0.6) is 0 Å². The monoisotopic (exact) mass is 216 g/mol. The normalized spacial score (nSPS) is 15.9. The molecule has 0 aromatic carbocycles. The molecule has 0 spiro atoms. The third kappa shape index (κ3) is 3.39. The van der Waals surface area contributed by atoms with Crippen molar-refractivity contribution in [3.63, 3.8) is 0 Å². The van der Waals surface area contributed by atoms with Gasteiger partial charge in [0.1, 0.15) is 0 Å². The van der Waals surface area contributed by atoms with Gasteiger partial charge in [0.15, 0.2) is 0 Å². The predicted octanol–water partition coefficient (Wildman–Crippen LogP) is -0.251. The van der Waals surface area contributed by atoms with E-state index in [1.165, 1.54) is 4.90 Å². The molecule has 86 valence electrons. The average Bonchev–Trinajstić information content (AvgIpc) is 2.09. The van der Waals surface area contributed by atoms with Crippen LogP contribution in [0, 0.1) is 5.92 Å². The van der Waals surface area contributed by atoms with Crippen LogP contribution in [0.3, 0.4) is 0 Å². The van der Waals surface area contributed by atoms with Crippen molar-refractivity contribution in [3.8, 4) is 0 Å². The molecule has 2 amide bonds. The number of methoxy groups -OCH3 is 1. The predicted molar refractivity (Wildman–Crippen MR) is 52.6 cm³/mol. The highest BCUT2D eigenvalue weighted by Gasteiger charge is 2.35. The second-order valence-corrected chi connectivity index (χ2v) is 3.52. The molecule has 0 unspecified atom stereocenters. The molecule has 1 saturated heterocycles. The molecule has 2 N–H and O–H groups in total. The first kappa shape index (κ1) is 11.8. The van der Waals surface area contributed by atoms with Gasteiger partial charge in [-0.15, -0.1) is 0 Å². The summed E-state index contributed by atoms with van der Waals surface area (Å²) in [7, 11) is 1.61. The maximum Gasteiger partial charge on any atom is 0.317 e. The fourth-order valence-corrected chi connectivity index (χ4v) is 1.32. The molecule has 1 heterocycles. The van der Waals surface area contributed by atoms with Gasteiger partial charge in [0.2, 0.25) is 0 Å². The summed E-state index contributed by atoms with van der Waals surface area (Å²) < 4.78 is 4.83. The molecule has 0 aromatic heterocycles. The van der Waals surface area contributed by atoms with Crippen LogP contribution in [0.25, 0.3) is 0 Å². The minimum Gasteiger partial charge on any atom is -0.481 e. The van der Waals surface area contributed by atoms with E-state index < -0.39 is 11.9 Å². The summed E-state index contributed by atoms with van der Waals surface area (Å²) in [5.74, 6) is -1.23. The molecule has 1 rings (SSSR count). The molecule has 0 bridgehead atoms. The number of carboxylic acid groups (broad SMARTS) is 1. The Hall–Kier alpha value is -1.30. The molecule has 0 radical (unpaired) electrons. The number of likely N-dealkylation sites (tertiary alicyclic amines) is 1. The lowest BCUT2D eigenvalue weighted by Gasteiger charge is -2.36. The molecule has 15 heavy (non-hydrogen) atoms. The van der Waals surface area contributed by atoms with Gasteiger partial charge in [-0.3, -0.25) is 4.79 Å². The lowest BCUT2D eigenvalue weighted by atomic mass is 10.0. The fourth-order valence-electron chi connectivity index (χ4n) is 1.32. The van der Waals surface area contributed by atoms with E-state index in [2.05, 4.69) is 5.32 Å². The summed E-state index contributed by atoms with van der Waals surface area (Å²) in [6, 6.07) is -0.191. The fraction of sp³-hybridized carbons (Fsp3) is 0.778. The number of amides is 2. The van der Waals surface area contributed by atoms with Gasteiger partial charge in [-0.25, -0.2) is 4.79 Å². The van der Waals surface area contributed by atoms with E-state index >= 15 is 0 Å². The van der Waals surface area contributed by atoms with Crippen LogP contribution in [-0.4, -0.2) is 55.4 Å². The van der Waals surface area contributed by atoms with Gasteiger partial charge in [-0.2, -0.15) is 0 Å². The summed E-state index contributed by atoms with van der Waals surface area (Å²) >= 11 is 0. The Balaban J connectivity index is 2.07. The molecule has 1 aliphatic rings. The lowest BCUT2D eigenvalue weighted by Crippen LogP contribution is -2.56. The zero-order valence-corrected chi connectivity index (χ0v) is 8.73. The Morgan fingerprint density at radius 2 is 2.20 bits per heavy atom. The second-order valence-electron chi connectivity index (χ2n) is 3.52. The van der Waals surface area contributed by atoms with Gasteiger partial charge in [0, 0.05) is 33.4 Å². The zero-order valence-electron chi connectivity index (χ0n) is 8.73. The highest BCUT2D eigenvalue weighted by atomic mass is 16.5. The van der Waals surface area contributed by atoms with E-state index in [1.54, 1.807) is 7.11 Å². The van der Waals surface area contributed by atoms with Gasteiger partial charge < -0.3 is 20.1 Å². The molecular formula is C9H16N2O4. The van der Waals surface area contributed by atoms with E-state index in [9.17, 15) is 9.59 Å². The number of carboxylic acids is 1. The minimum atomic E-state index is -0.835. The number of carbonyl (C=O) groups excluding carboxylic acids is 1. The van der Waals surface area contributed by atoms with Crippen molar-refractivity contribution in [2.45, 2.75) is 6.42 Å². The Morgan fingerprint density at radius 3 is 2.73 bits per heavy atom. The number of nitrogens with one attached hydrogen (secondary N) is 1. The standard InChI is InChI=1S/C9H16N2O4/c1-15-4-2-3-10-9(14)11-5-7(6-11)8(12)13/h7H,2-6H2,1H3,(H,10,14)(H,12,13). The van der Waals surface area contributed by atoms with Gasteiger partial charge in [0.25, 0.3) is 0 Å². The van der Waals surface area contributed by atoms with Crippen LogP contribution >= 0.6 is 0 Å². The van der Waals surface area contributed by atoms with Crippen molar-refractivity contribution in [1.29, 1.82) is 0 Å². The van der Waals surface area contributed by atoms with E-state index in [-0.39, 0.29) is 6.03 Å². The molecule has 1 fully saturated rings. The molecule has 6 nitrogen and oxygen atoms in total. The first-order chi connectivity index (χ1) is 7.15. The van der Waals surface area contributed by atoms with E-state index in [0.29, 0.717) is 26.2 Å². The first-order valence-corrected chi connectivity index (χ1v) is 4.89. The molecule has 0 aromatic rings. The summed E-state index contributed by atoms with van der Waals surface area (Å²) in [5, 5.41) is 11.3. The lowest BCUT2D eigenvalue weighted by molar-refractivity contribution is -0.146. The number of nitrogens with zero attached hydrogens (tertiary/aromatic N) is 1. The molecule has 6 heteroatoms. The summed E-state index contributed by atoms with van der Waals surface area (Å²) in [5.41, 5.74) is 0. The third-order valence-corrected chi connectivity index (χ3v) is 2.32. The summed E-state index contributed by atoms with van der Waals surface area (Å²) in [6.45, 7) is 1.79. The third-order valence-electron chi connectivity index (χ3n) is 2.32. The number of carbonyl (C=O) groups is 2. The Morgan fingerprint density at radius 1 is 1.53 bits per heavy atom. The quantitative estimate of drug-likeness (QED) is 0.621. The van der Waals surface area contributed by atoms with Gasteiger partial charge in [-0.1, -0.05) is 0 Å². The van der Waals surface area contributed by atoms with Crippen molar-refractivity contribution in [1.82, 2.24) is 10.2 Å². The van der Waals surface area contributed by atoms with Crippen LogP contribution in [0.1, 0.15) is 6.42 Å². The van der Waals surface area contributed by atoms with E-state index in [0.717, 1.165) is 6.42 Å². The zero-order chi connectivity index (χ0) is 11.3. The molecule has 0 saturated carbocycles. The van der Waals surface area contributed by atoms with E-state index in [1.807, 2.05) is 0 Å². The van der Waals surface area contributed by atoms with Gasteiger partial charge >= 0.3 is 12.0 Å². The van der Waals surface area contributed by atoms with Crippen LogP contribution in [-0.2, 0) is 9.53 Å². The van der Waals surface area contributed by atoms with Crippen LogP contribution in [0.2, 0.25) is 0 Å². The average molecular weight is 216 g/mol. The van der Waals surface area contributed by atoms with Crippen LogP contribution in [0.4, 0.5) is 4.79 Å². The van der Waals surface area contributed by atoms with Gasteiger partial charge in [-0.05, 0) is 6.42 Å². The smallest absolute Gasteiger partial charge is 0.317 e.